The summed E-state index contributed by atoms with van der Waals surface area (Å²) in [5.41, 5.74) is 0.751. The summed E-state index contributed by atoms with van der Waals surface area (Å²) in [5.74, 6) is 0.210. The van der Waals surface area contributed by atoms with Crippen molar-refractivity contribution in [3.05, 3.63) is 52.8 Å². The predicted molar refractivity (Wildman–Crippen MR) is 102 cm³/mol. The molecule has 26 heavy (non-hydrogen) atoms. The summed E-state index contributed by atoms with van der Waals surface area (Å²) in [6.07, 6.45) is 0.875. The van der Waals surface area contributed by atoms with Gasteiger partial charge in [0, 0.05) is 11.6 Å². The van der Waals surface area contributed by atoms with Gasteiger partial charge in [-0.1, -0.05) is 31.5 Å². The lowest BCUT2D eigenvalue weighted by atomic mass is 10.1. The van der Waals surface area contributed by atoms with Gasteiger partial charge >= 0.3 is 0 Å². The van der Waals surface area contributed by atoms with Crippen molar-refractivity contribution in [2.45, 2.75) is 20.3 Å². The molecule has 2 amide bonds. The lowest BCUT2D eigenvalue weighted by Gasteiger charge is -2.11. The summed E-state index contributed by atoms with van der Waals surface area (Å²) in [6.45, 7) is 4.73. The minimum Gasteiger partial charge on any atom is -0.495 e. The third kappa shape index (κ3) is 5.46. The number of nitrogens with one attached hydrogen (secondary N) is 2. The van der Waals surface area contributed by atoms with E-state index in [9.17, 15) is 9.59 Å². The highest BCUT2D eigenvalue weighted by Gasteiger charge is 2.14. The van der Waals surface area contributed by atoms with E-state index in [0.717, 1.165) is 6.42 Å². The molecular formula is C19H22ClN3O3. The topological polar surface area (TPSA) is 80.3 Å². The molecule has 0 aliphatic heterocycles. The van der Waals surface area contributed by atoms with Crippen LogP contribution in [0.4, 0.5) is 5.69 Å². The number of aromatic nitrogens is 1. The van der Waals surface area contributed by atoms with Gasteiger partial charge in [0.05, 0.1) is 12.8 Å². The highest BCUT2D eigenvalue weighted by molar-refractivity contribution is 6.31. The number of benzene rings is 1. The van der Waals surface area contributed by atoms with E-state index in [-0.39, 0.29) is 17.3 Å². The van der Waals surface area contributed by atoms with Gasteiger partial charge in [-0.2, -0.15) is 0 Å². The predicted octanol–water partition coefficient (Wildman–Crippen LogP) is 3.77. The monoisotopic (exact) mass is 375 g/mol. The quantitative estimate of drug-likeness (QED) is 0.771. The number of ether oxygens (including phenoxy) is 1. The van der Waals surface area contributed by atoms with Crippen LogP contribution in [0.15, 0.2) is 36.4 Å². The van der Waals surface area contributed by atoms with Gasteiger partial charge in [0.2, 0.25) is 0 Å². The van der Waals surface area contributed by atoms with Gasteiger partial charge in [0.15, 0.2) is 0 Å². The Bertz CT molecular complexity index is 793. The maximum Gasteiger partial charge on any atom is 0.274 e. The molecule has 0 bridgehead atoms. The number of amides is 2. The zero-order valence-electron chi connectivity index (χ0n) is 15.0. The fourth-order valence-electron chi connectivity index (χ4n) is 2.22. The molecular weight excluding hydrogens is 354 g/mol. The molecule has 2 aromatic rings. The van der Waals surface area contributed by atoms with E-state index >= 15 is 0 Å². The molecule has 0 radical (unpaired) electrons. The maximum atomic E-state index is 12.5. The first-order valence-corrected chi connectivity index (χ1v) is 8.68. The second kappa shape index (κ2) is 9.20. The van der Waals surface area contributed by atoms with E-state index in [1.54, 1.807) is 30.3 Å². The molecule has 138 valence electrons. The first-order chi connectivity index (χ1) is 12.4. The molecule has 0 aliphatic carbocycles. The standard InChI is InChI=1S/C19H22ClN3O3/c1-12(2)9-10-21-18(24)14-5-4-6-15(22-14)19(25)23-16-11-13(20)7-8-17(16)26-3/h4-8,11-12H,9-10H2,1-3H3,(H,21,24)(H,23,25). The van der Waals surface area contributed by atoms with E-state index in [1.165, 1.54) is 13.2 Å². The number of pyridine rings is 1. The number of halogens is 1. The minimum atomic E-state index is -0.456. The van der Waals surface area contributed by atoms with Gasteiger partial charge in [-0.05, 0) is 42.7 Å². The Balaban J connectivity index is 2.10. The van der Waals surface area contributed by atoms with Crippen molar-refractivity contribution >= 4 is 29.1 Å². The molecule has 1 aromatic carbocycles. The second-order valence-corrected chi connectivity index (χ2v) is 6.58. The summed E-state index contributed by atoms with van der Waals surface area (Å²) >= 11 is 5.97. The number of rotatable bonds is 7. The highest BCUT2D eigenvalue weighted by atomic mass is 35.5. The van der Waals surface area contributed by atoms with Gasteiger partial charge < -0.3 is 15.4 Å². The van der Waals surface area contributed by atoms with Crippen LogP contribution in [0, 0.1) is 5.92 Å². The molecule has 2 rings (SSSR count). The van der Waals surface area contributed by atoms with Crippen LogP contribution in [0.3, 0.4) is 0 Å². The van der Waals surface area contributed by atoms with Crippen LogP contribution in [0.1, 0.15) is 41.2 Å². The third-order valence-electron chi connectivity index (χ3n) is 3.63. The average molecular weight is 376 g/mol. The highest BCUT2D eigenvalue weighted by Crippen LogP contribution is 2.27. The van der Waals surface area contributed by atoms with E-state index < -0.39 is 5.91 Å². The number of methoxy groups -OCH3 is 1. The lowest BCUT2D eigenvalue weighted by Crippen LogP contribution is -2.27. The molecule has 0 aliphatic rings. The Morgan fingerprint density at radius 1 is 1.15 bits per heavy atom. The molecule has 2 N–H and O–H groups in total. The fourth-order valence-corrected chi connectivity index (χ4v) is 2.39. The molecule has 1 aromatic heterocycles. The van der Waals surface area contributed by atoms with Crippen LogP contribution in [0.5, 0.6) is 5.75 Å². The zero-order chi connectivity index (χ0) is 19.1. The average Bonchev–Trinajstić information content (AvgIpc) is 2.61. The van der Waals surface area contributed by atoms with Crippen LogP contribution in [-0.4, -0.2) is 30.5 Å². The molecule has 7 heteroatoms. The molecule has 6 nitrogen and oxygen atoms in total. The van der Waals surface area contributed by atoms with Gasteiger partial charge in [-0.25, -0.2) is 4.98 Å². The third-order valence-corrected chi connectivity index (χ3v) is 3.87. The summed E-state index contributed by atoms with van der Waals surface area (Å²) in [4.78, 5) is 28.8. The number of carbonyl (C=O) groups excluding carboxylic acids is 2. The van der Waals surface area contributed by atoms with Crippen LogP contribution < -0.4 is 15.4 Å². The van der Waals surface area contributed by atoms with E-state index in [2.05, 4.69) is 29.5 Å². The summed E-state index contributed by atoms with van der Waals surface area (Å²) < 4.78 is 5.20. The maximum absolute atomic E-state index is 12.5. The van der Waals surface area contributed by atoms with Crippen molar-refractivity contribution in [2.24, 2.45) is 5.92 Å². The van der Waals surface area contributed by atoms with Crippen LogP contribution in [0.25, 0.3) is 0 Å². The van der Waals surface area contributed by atoms with Crippen LogP contribution >= 0.6 is 11.6 Å². The largest absolute Gasteiger partial charge is 0.495 e. The van der Waals surface area contributed by atoms with Crippen molar-refractivity contribution in [1.82, 2.24) is 10.3 Å². The Morgan fingerprint density at radius 3 is 2.50 bits per heavy atom. The number of carbonyl (C=O) groups is 2. The molecule has 0 unspecified atom stereocenters. The smallest absolute Gasteiger partial charge is 0.274 e. The lowest BCUT2D eigenvalue weighted by molar-refractivity contribution is 0.0947. The van der Waals surface area contributed by atoms with E-state index in [4.69, 9.17) is 16.3 Å². The van der Waals surface area contributed by atoms with E-state index in [1.807, 2.05) is 0 Å². The summed E-state index contributed by atoms with van der Waals surface area (Å²) in [7, 11) is 1.50. The molecule has 0 atom stereocenters. The Labute approximate surface area is 157 Å². The van der Waals surface area contributed by atoms with Gasteiger partial charge in [0.1, 0.15) is 17.1 Å². The van der Waals surface area contributed by atoms with Crippen molar-refractivity contribution in [3.63, 3.8) is 0 Å². The minimum absolute atomic E-state index is 0.128. The molecule has 1 heterocycles. The molecule has 0 spiro atoms. The van der Waals surface area contributed by atoms with Crippen LogP contribution in [0.2, 0.25) is 5.02 Å². The van der Waals surface area contributed by atoms with Crippen molar-refractivity contribution in [1.29, 1.82) is 0 Å². The Morgan fingerprint density at radius 2 is 1.85 bits per heavy atom. The number of anilines is 1. The Kier molecular flexibility index (Phi) is 6.97. The Hall–Kier alpha value is -2.60. The number of nitrogens with zero attached hydrogens (tertiary/aromatic N) is 1. The normalized spacial score (nSPS) is 10.5. The first kappa shape index (κ1) is 19.7. The summed E-state index contributed by atoms with van der Waals surface area (Å²) in [5, 5.41) is 5.97. The van der Waals surface area contributed by atoms with E-state index in [0.29, 0.717) is 28.9 Å². The summed E-state index contributed by atoms with van der Waals surface area (Å²) in [6, 6.07) is 9.63. The second-order valence-electron chi connectivity index (χ2n) is 6.15. The number of hydrogen-bond donors (Lipinski definition) is 2. The van der Waals surface area contributed by atoms with Crippen LogP contribution in [-0.2, 0) is 0 Å². The van der Waals surface area contributed by atoms with Gasteiger partial charge in [-0.3, -0.25) is 9.59 Å². The van der Waals surface area contributed by atoms with Crippen molar-refractivity contribution in [3.8, 4) is 5.75 Å². The van der Waals surface area contributed by atoms with Crippen molar-refractivity contribution in [2.75, 3.05) is 19.0 Å². The molecule has 0 fully saturated rings. The SMILES string of the molecule is COc1ccc(Cl)cc1NC(=O)c1cccc(C(=O)NCCC(C)C)n1. The van der Waals surface area contributed by atoms with Gasteiger partial charge in [-0.15, -0.1) is 0 Å². The first-order valence-electron chi connectivity index (χ1n) is 8.31. The van der Waals surface area contributed by atoms with Crippen molar-refractivity contribution < 1.29 is 14.3 Å². The zero-order valence-corrected chi connectivity index (χ0v) is 15.8. The molecule has 0 saturated carbocycles. The number of hydrogen-bond acceptors (Lipinski definition) is 4. The fraction of sp³-hybridized carbons (Fsp3) is 0.316. The molecule has 0 saturated heterocycles. The van der Waals surface area contributed by atoms with Gasteiger partial charge in [0.25, 0.3) is 11.8 Å².